The van der Waals surface area contributed by atoms with Crippen LogP contribution in [0.4, 0.5) is 0 Å². The molecule has 4 nitrogen and oxygen atoms in total. The van der Waals surface area contributed by atoms with Crippen molar-refractivity contribution in [3.8, 4) is 0 Å². The monoisotopic (exact) mass is 231 g/mol. The minimum Gasteiger partial charge on any atom is -0.480 e. The molecule has 1 amide bonds. The van der Waals surface area contributed by atoms with Gasteiger partial charge in [-0.05, 0) is 19.3 Å². The summed E-state index contributed by atoms with van der Waals surface area (Å²) in [5.41, 5.74) is 0. The summed E-state index contributed by atoms with van der Waals surface area (Å²) < 4.78 is 0. The smallest absolute Gasteiger partial charge is 0.326 e. The number of carbonyl (C=O) groups is 2. The van der Waals surface area contributed by atoms with Crippen LogP contribution in [0.1, 0.15) is 32.6 Å². The van der Waals surface area contributed by atoms with Crippen LogP contribution in [0, 0.1) is 0 Å². The Morgan fingerprint density at radius 1 is 1.60 bits per heavy atom. The summed E-state index contributed by atoms with van der Waals surface area (Å²) in [7, 11) is 0. The van der Waals surface area contributed by atoms with Gasteiger partial charge in [0.15, 0.2) is 0 Å². The Morgan fingerprint density at radius 2 is 2.27 bits per heavy atom. The zero-order chi connectivity index (χ0) is 11.4. The molecule has 15 heavy (non-hydrogen) atoms. The van der Waals surface area contributed by atoms with Gasteiger partial charge in [-0.25, -0.2) is 4.79 Å². The molecule has 0 aromatic rings. The molecule has 0 aromatic carbocycles. The van der Waals surface area contributed by atoms with Gasteiger partial charge in [-0.15, -0.1) is 0 Å². The van der Waals surface area contributed by atoms with Crippen molar-refractivity contribution in [2.24, 2.45) is 0 Å². The molecule has 1 aliphatic heterocycles. The molecule has 0 radical (unpaired) electrons. The van der Waals surface area contributed by atoms with Crippen LogP contribution in [0.2, 0.25) is 0 Å². The van der Waals surface area contributed by atoms with E-state index >= 15 is 0 Å². The minimum absolute atomic E-state index is 0.0348. The zero-order valence-electron chi connectivity index (χ0n) is 8.85. The third-order valence-electron chi connectivity index (χ3n) is 2.74. The second kappa shape index (κ2) is 5.39. The topological polar surface area (TPSA) is 57.6 Å². The predicted octanol–water partition coefficient (Wildman–Crippen LogP) is 1.16. The molecule has 86 valence electrons. The number of carboxylic acid groups (broad SMARTS) is 1. The van der Waals surface area contributed by atoms with Crippen molar-refractivity contribution in [1.82, 2.24) is 4.90 Å². The molecule has 2 atom stereocenters. The quantitative estimate of drug-likeness (QED) is 0.714. The van der Waals surface area contributed by atoms with E-state index in [1.165, 1.54) is 4.90 Å². The molecule has 1 N–H and O–H groups in total. The van der Waals surface area contributed by atoms with Crippen molar-refractivity contribution in [3.05, 3.63) is 0 Å². The molecular weight excluding hydrogens is 214 g/mol. The van der Waals surface area contributed by atoms with Gasteiger partial charge in [0, 0.05) is 18.2 Å². The van der Waals surface area contributed by atoms with E-state index < -0.39 is 12.0 Å². The molecule has 0 spiro atoms. The maximum Gasteiger partial charge on any atom is 0.326 e. The summed E-state index contributed by atoms with van der Waals surface area (Å²) in [6.45, 7) is 2.53. The van der Waals surface area contributed by atoms with E-state index in [-0.39, 0.29) is 11.2 Å². The van der Waals surface area contributed by atoms with Gasteiger partial charge in [-0.3, -0.25) is 4.79 Å². The SMILES string of the molecule is CC[C@H](S)CC(=O)N1CCC[C@H]1C(=O)O. The van der Waals surface area contributed by atoms with E-state index in [2.05, 4.69) is 12.6 Å². The standard InChI is InChI=1S/C10H17NO3S/c1-2-7(15)6-9(12)11-5-3-4-8(11)10(13)14/h7-8,15H,2-6H2,1H3,(H,13,14)/t7-,8-/m0/s1. The molecule has 0 aliphatic carbocycles. The first-order valence-electron chi connectivity index (χ1n) is 5.26. The van der Waals surface area contributed by atoms with E-state index in [1.54, 1.807) is 0 Å². The number of rotatable bonds is 4. The molecule has 1 aliphatic rings. The molecular formula is C10H17NO3S. The van der Waals surface area contributed by atoms with Gasteiger partial charge in [-0.1, -0.05) is 6.92 Å². The Hall–Kier alpha value is -0.710. The van der Waals surface area contributed by atoms with Crippen molar-refractivity contribution in [1.29, 1.82) is 0 Å². The third-order valence-corrected chi connectivity index (χ3v) is 3.29. The van der Waals surface area contributed by atoms with Crippen molar-refractivity contribution < 1.29 is 14.7 Å². The van der Waals surface area contributed by atoms with Gasteiger partial charge in [-0.2, -0.15) is 12.6 Å². The normalized spacial score (nSPS) is 22.8. The number of likely N-dealkylation sites (tertiary alicyclic amines) is 1. The number of hydrogen-bond acceptors (Lipinski definition) is 3. The highest BCUT2D eigenvalue weighted by Gasteiger charge is 2.33. The van der Waals surface area contributed by atoms with Crippen LogP contribution < -0.4 is 0 Å². The summed E-state index contributed by atoms with van der Waals surface area (Å²) in [5.74, 6) is -0.977. The van der Waals surface area contributed by atoms with Crippen LogP contribution >= 0.6 is 12.6 Å². The largest absolute Gasteiger partial charge is 0.480 e. The summed E-state index contributed by atoms with van der Waals surface area (Å²) >= 11 is 4.25. The van der Waals surface area contributed by atoms with Gasteiger partial charge in [0.2, 0.25) is 5.91 Å². The fourth-order valence-corrected chi connectivity index (χ4v) is 1.94. The average Bonchev–Trinajstić information content (AvgIpc) is 2.65. The maximum absolute atomic E-state index is 11.7. The first-order chi connectivity index (χ1) is 7.06. The Bertz CT molecular complexity index is 257. The van der Waals surface area contributed by atoms with E-state index in [4.69, 9.17) is 5.11 Å². The van der Waals surface area contributed by atoms with Crippen molar-refractivity contribution in [2.75, 3.05) is 6.54 Å². The maximum atomic E-state index is 11.7. The molecule has 1 rings (SSSR count). The van der Waals surface area contributed by atoms with Crippen LogP contribution in [-0.2, 0) is 9.59 Å². The first kappa shape index (κ1) is 12.4. The first-order valence-corrected chi connectivity index (χ1v) is 5.78. The highest BCUT2D eigenvalue weighted by atomic mass is 32.1. The lowest BCUT2D eigenvalue weighted by atomic mass is 10.2. The minimum atomic E-state index is -0.895. The Balaban J connectivity index is 2.55. The summed E-state index contributed by atoms with van der Waals surface area (Å²) in [6.07, 6.45) is 2.51. The van der Waals surface area contributed by atoms with Gasteiger partial charge < -0.3 is 10.0 Å². The van der Waals surface area contributed by atoms with Crippen molar-refractivity contribution >= 4 is 24.5 Å². The van der Waals surface area contributed by atoms with Gasteiger partial charge in [0.1, 0.15) is 6.04 Å². The number of carboxylic acids is 1. The number of hydrogen-bond donors (Lipinski definition) is 2. The van der Waals surface area contributed by atoms with Crippen molar-refractivity contribution in [2.45, 2.75) is 43.9 Å². The lowest BCUT2D eigenvalue weighted by Crippen LogP contribution is -2.41. The van der Waals surface area contributed by atoms with E-state index in [0.717, 1.165) is 12.8 Å². The molecule has 1 fully saturated rings. The number of amides is 1. The van der Waals surface area contributed by atoms with E-state index in [9.17, 15) is 9.59 Å². The van der Waals surface area contributed by atoms with Crippen LogP contribution in [0.25, 0.3) is 0 Å². The fourth-order valence-electron chi connectivity index (χ4n) is 1.79. The molecule has 0 unspecified atom stereocenters. The van der Waals surface area contributed by atoms with E-state index in [0.29, 0.717) is 19.4 Å². The number of nitrogens with zero attached hydrogens (tertiary/aromatic N) is 1. The van der Waals surface area contributed by atoms with E-state index in [1.807, 2.05) is 6.92 Å². The second-order valence-corrected chi connectivity index (χ2v) is 4.58. The molecule has 5 heteroatoms. The molecule has 0 saturated carbocycles. The van der Waals surface area contributed by atoms with Crippen LogP contribution in [-0.4, -0.2) is 39.7 Å². The van der Waals surface area contributed by atoms with Crippen LogP contribution in [0.15, 0.2) is 0 Å². The zero-order valence-corrected chi connectivity index (χ0v) is 9.74. The van der Waals surface area contributed by atoms with Crippen LogP contribution in [0.3, 0.4) is 0 Å². The van der Waals surface area contributed by atoms with Gasteiger partial charge in [0.05, 0.1) is 0 Å². The Kier molecular flexibility index (Phi) is 4.45. The van der Waals surface area contributed by atoms with Gasteiger partial charge >= 0.3 is 5.97 Å². The number of carbonyl (C=O) groups excluding carboxylic acids is 1. The lowest BCUT2D eigenvalue weighted by Gasteiger charge is -2.22. The number of thiol groups is 1. The highest BCUT2D eigenvalue weighted by Crippen LogP contribution is 2.20. The molecule has 1 heterocycles. The molecule has 0 aromatic heterocycles. The predicted molar refractivity (Wildman–Crippen MR) is 60.1 cm³/mol. The average molecular weight is 231 g/mol. The highest BCUT2D eigenvalue weighted by molar-refractivity contribution is 7.81. The Labute approximate surface area is 95.1 Å². The fraction of sp³-hybridized carbons (Fsp3) is 0.800. The summed E-state index contributed by atoms with van der Waals surface area (Å²) in [6, 6.07) is -0.616. The third kappa shape index (κ3) is 3.12. The van der Waals surface area contributed by atoms with Crippen molar-refractivity contribution in [3.63, 3.8) is 0 Å². The Morgan fingerprint density at radius 3 is 2.80 bits per heavy atom. The second-order valence-electron chi connectivity index (χ2n) is 3.85. The molecule has 1 saturated heterocycles. The summed E-state index contributed by atoms with van der Waals surface area (Å²) in [5, 5.41) is 8.95. The molecule has 0 bridgehead atoms. The van der Waals surface area contributed by atoms with Crippen LogP contribution in [0.5, 0.6) is 0 Å². The number of aliphatic carboxylic acids is 1. The summed E-state index contributed by atoms with van der Waals surface area (Å²) in [4.78, 5) is 24.1. The lowest BCUT2D eigenvalue weighted by molar-refractivity contribution is -0.148. The van der Waals surface area contributed by atoms with Gasteiger partial charge in [0.25, 0.3) is 0 Å².